The van der Waals surface area contributed by atoms with Crippen molar-refractivity contribution in [2.75, 3.05) is 31.1 Å². The maximum Gasteiger partial charge on any atom is 0.151 e. The van der Waals surface area contributed by atoms with Crippen molar-refractivity contribution in [2.45, 2.75) is 70.8 Å². The molecule has 3 aliphatic rings. The van der Waals surface area contributed by atoms with Crippen LogP contribution in [0.25, 0.3) is 11.3 Å². The molecular weight excluding hydrogens is 368 g/mol. The summed E-state index contributed by atoms with van der Waals surface area (Å²) in [7, 11) is 0. The fourth-order valence-corrected chi connectivity index (χ4v) is 5.53. The van der Waals surface area contributed by atoms with Crippen molar-refractivity contribution in [3.8, 4) is 11.3 Å². The van der Waals surface area contributed by atoms with Crippen LogP contribution in [0.3, 0.4) is 0 Å². The molecule has 2 aromatic rings. The smallest absolute Gasteiger partial charge is 0.151 e. The molecule has 0 atom stereocenters. The Hall–Kier alpha value is -1.94. The van der Waals surface area contributed by atoms with Gasteiger partial charge < -0.3 is 9.80 Å². The zero-order valence-electron chi connectivity index (χ0n) is 18.7. The molecule has 1 saturated carbocycles. The van der Waals surface area contributed by atoms with Crippen LogP contribution in [0.5, 0.6) is 0 Å². The lowest BCUT2D eigenvalue weighted by molar-refractivity contribution is 0.0305. The summed E-state index contributed by atoms with van der Waals surface area (Å²) < 4.78 is 0. The van der Waals surface area contributed by atoms with Gasteiger partial charge in [-0.2, -0.15) is 0 Å². The lowest BCUT2D eigenvalue weighted by Gasteiger charge is -2.50. The van der Waals surface area contributed by atoms with E-state index in [9.17, 15) is 0 Å². The monoisotopic (exact) mass is 404 g/mol. The summed E-state index contributed by atoms with van der Waals surface area (Å²) in [6.07, 6.45) is 9.75. The standard InChI is InChI=1S/C26H36N4/c1-20(2)21-5-3-6-22(19-21)24-9-10-25(28-27-24)30-17-13-26(14-18-30)11-15-29(16-12-26)23-7-4-8-23/h3,5-6,9-10,19-20,23H,4,7-8,11-18H2,1-2H3. The third-order valence-corrected chi connectivity index (χ3v) is 8.10. The Kier molecular flexibility index (Phi) is 5.53. The molecule has 0 bridgehead atoms. The summed E-state index contributed by atoms with van der Waals surface area (Å²) in [6, 6.07) is 13.9. The maximum atomic E-state index is 4.61. The molecule has 160 valence electrons. The van der Waals surface area contributed by atoms with Crippen molar-refractivity contribution in [2.24, 2.45) is 5.41 Å². The molecule has 3 fully saturated rings. The van der Waals surface area contributed by atoms with Crippen LogP contribution < -0.4 is 4.90 Å². The normalized spacial score (nSPS) is 22.4. The van der Waals surface area contributed by atoms with E-state index in [4.69, 9.17) is 0 Å². The number of aromatic nitrogens is 2. The van der Waals surface area contributed by atoms with Crippen LogP contribution >= 0.6 is 0 Å². The van der Waals surface area contributed by atoms with Gasteiger partial charge in [-0.05, 0) is 86.7 Å². The van der Waals surface area contributed by atoms with Gasteiger partial charge in [0.2, 0.25) is 0 Å². The van der Waals surface area contributed by atoms with Gasteiger partial charge in [-0.25, -0.2) is 0 Å². The van der Waals surface area contributed by atoms with E-state index in [2.05, 4.69) is 70.2 Å². The summed E-state index contributed by atoms with van der Waals surface area (Å²) >= 11 is 0. The molecule has 1 aromatic carbocycles. The SMILES string of the molecule is CC(C)c1cccc(-c2ccc(N3CCC4(CC3)CCN(C3CCC3)CC4)nn2)c1. The first kappa shape index (κ1) is 20.0. The number of benzene rings is 1. The lowest BCUT2D eigenvalue weighted by Crippen LogP contribution is -2.51. The van der Waals surface area contributed by atoms with Gasteiger partial charge in [-0.1, -0.05) is 38.5 Å². The van der Waals surface area contributed by atoms with E-state index in [1.165, 1.54) is 63.6 Å². The van der Waals surface area contributed by atoms with E-state index in [1.807, 2.05) is 0 Å². The molecule has 3 heterocycles. The average molecular weight is 405 g/mol. The van der Waals surface area contributed by atoms with Gasteiger partial charge in [-0.3, -0.25) is 0 Å². The molecule has 2 saturated heterocycles. The quantitative estimate of drug-likeness (QED) is 0.673. The van der Waals surface area contributed by atoms with Crippen molar-refractivity contribution in [3.63, 3.8) is 0 Å². The third kappa shape index (κ3) is 3.99. The minimum atomic E-state index is 0.526. The van der Waals surface area contributed by atoms with Crippen LogP contribution in [0.1, 0.15) is 70.3 Å². The number of piperidine rings is 2. The Morgan fingerprint density at radius 3 is 2.23 bits per heavy atom. The van der Waals surface area contributed by atoms with Crippen molar-refractivity contribution < 1.29 is 0 Å². The second-order valence-corrected chi connectivity index (χ2v) is 10.2. The van der Waals surface area contributed by atoms with Crippen LogP contribution in [-0.4, -0.2) is 47.3 Å². The second kappa shape index (κ2) is 8.30. The molecule has 0 radical (unpaired) electrons. The fraction of sp³-hybridized carbons (Fsp3) is 0.615. The largest absolute Gasteiger partial charge is 0.355 e. The summed E-state index contributed by atoms with van der Waals surface area (Å²) in [4.78, 5) is 5.23. The molecule has 1 aromatic heterocycles. The van der Waals surface area contributed by atoms with Gasteiger partial charge in [0, 0.05) is 24.7 Å². The van der Waals surface area contributed by atoms with Crippen LogP contribution in [-0.2, 0) is 0 Å². The number of nitrogens with zero attached hydrogens (tertiary/aromatic N) is 4. The molecule has 0 amide bonds. The summed E-state index contributed by atoms with van der Waals surface area (Å²) in [5.74, 6) is 1.57. The molecule has 0 unspecified atom stereocenters. The van der Waals surface area contributed by atoms with Gasteiger partial charge in [-0.15, -0.1) is 10.2 Å². The molecule has 0 N–H and O–H groups in total. The maximum absolute atomic E-state index is 4.61. The molecule has 4 heteroatoms. The number of anilines is 1. The lowest BCUT2D eigenvalue weighted by atomic mass is 9.70. The van der Waals surface area contributed by atoms with E-state index in [0.717, 1.165) is 36.2 Å². The minimum absolute atomic E-state index is 0.526. The fourth-order valence-electron chi connectivity index (χ4n) is 5.53. The molecule has 1 aliphatic carbocycles. The van der Waals surface area contributed by atoms with Gasteiger partial charge in [0.25, 0.3) is 0 Å². The van der Waals surface area contributed by atoms with E-state index in [-0.39, 0.29) is 0 Å². The van der Waals surface area contributed by atoms with Gasteiger partial charge in [0.15, 0.2) is 5.82 Å². The third-order valence-electron chi connectivity index (χ3n) is 8.10. The summed E-state index contributed by atoms with van der Waals surface area (Å²) in [6.45, 7) is 9.37. The first-order valence-corrected chi connectivity index (χ1v) is 12.1. The first-order chi connectivity index (χ1) is 14.6. The highest BCUT2D eigenvalue weighted by Crippen LogP contribution is 2.43. The van der Waals surface area contributed by atoms with Crippen molar-refractivity contribution in [1.29, 1.82) is 0 Å². The average Bonchev–Trinajstić information content (AvgIpc) is 2.75. The minimum Gasteiger partial charge on any atom is -0.355 e. The second-order valence-electron chi connectivity index (χ2n) is 10.2. The Bertz CT molecular complexity index is 838. The predicted octanol–water partition coefficient (Wildman–Crippen LogP) is 5.50. The van der Waals surface area contributed by atoms with Gasteiger partial charge in [0.05, 0.1) is 5.69 Å². The zero-order valence-corrected chi connectivity index (χ0v) is 18.7. The van der Waals surface area contributed by atoms with Crippen LogP contribution in [0.4, 0.5) is 5.82 Å². The van der Waals surface area contributed by atoms with Crippen LogP contribution in [0.15, 0.2) is 36.4 Å². The summed E-state index contributed by atoms with van der Waals surface area (Å²) in [5, 5.41) is 9.18. The van der Waals surface area contributed by atoms with Crippen molar-refractivity contribution >= 4 is 5.82 Å². The highest BCUT2D eigenvalue weighted by Gasteiger charge is 2.39. The van der Waals surface area contributed by atoms with Crippen LogP contribution in [0, 0.1) is 5.41 Å². The Balaban J connectivity index is 1.19. The van der Waals surface area contributed by atoms with Gasteiger partial charge in [0.1, 0.15) is 0 Å². The van der Waals surface area contributed by atoms with E-state index < -0.39 is 0 Å². The Morgan fingerprint density at radius 1 is 0.900 bits per heavy atom. The van der Waals surface area contributed by atoms with E-state index in [1.54, 1.807) is 0 Å². The topological polar surface area (TPSA) is 32.3 Å². The van der Waals surface area contributed by atoms with Crippen molar-refractivity contribution in [1.82, 2.24) is 15.1 Å². The van der Waals surface area contributed by atoms with E-state index >= 15 is 0 Å². The van der Waals surface area contributed by atoms with Gasteiger partial charge >= 0.3 is 0 Å². The highest BCUT2D eigenvalue weighted by molar-refractivity contribution is 5.61. The van der Waals surface area contributed by atoms with E-state index in [0.29, 0.717) is 11.3 Å². The number of hydrogen-bond acceptors (Lipinski definition) is 4. The number of hydrogen-bond donors (Lipinski definition) is 0. The molecule has 4 nitrogen and oxygen atoms in total. The molecule has 30 heavy (non-hydrogen) atoms. The molecular formula is C26H36N4. The highest BCUT2D eigenvalue weighted by atomic mass is 15.3. The Labute approximate surface area is 181 Å². The molecule has 2 aliphatic heterocycles. The number of likely N-dealkylation sites (tertiary alicyclic amines) is 1. The van der Waals surface area contributed by atoms with Crippen molar-refractivity contribution in [3.05, 3.63) is 42.0 Å². The molecule has 1 spiro atoms. The number of rotatable bonds is 4. The zero-order chi connectivity index (χ0) is 20.6. The first-order valence-electron chi connectivity index (χ1n) is 12.1. The Morgan fingerprint density at radius 2 is 1.63 bits per heavy atom. The van der Waals surface area contributed by atoms with Crippen LogP contribution in [0.2, 0.25) is 0 Å². The molecule has 5 rings (SSSR count). The predicted molar refractivity (Wildman–Crippen MR) is 124 cm³/mol. The summed E-state index contributed by atoms with van der Waals surface area (Å²) in [5.41, 5.74) is 4.07.